The van der Waals surface area contributed by atoms with Crippen LogP contribution in [0.15, 0.2) is 0 Å². The summed E-state index contributed by atoms with van der Waals surface area (Å²) < 4.78 is 0. The molecule has 0 spiro atoms. The van der Waals surface area contributed by atoms with Crippen LogP contribution in [-0.4, -0.2) is 17.3 Å². The van der Waals surface area contributed by atoms with E-state index in [1.807, 2.05) is 11.8 Å². The van der Waals surface area contributed by atoms with Crippen molar-refractivity contribution >= 4 is 17.5 Å². The Kier molecular flexibility index (Phi) is 3.44. The van der Waals surface area contributed by atoms with Gasteiger partial charge in [0, 0.05) is 18.1 Å². The Balaban J connectivity index is 2.28. The van der Waals surface area contributed by atoms with Crippen molar-refractivity contribution in [3.8, 4) is 0 Å². The third-order valence-electron chi connectivity index (χ3n) is 1.99. The second-order valence-corrected chi connectivity index (χ2v) is 4.77. The lowest BCUT2D eigenvalue weighted by atomic mass is 9.96. The molecule has 1 unspecified atom stereocenters. The van der Waals surface area contributed by atoms with Gasteiger partial charge in [0.25, 0.3) is 0 Å². The summed E-state index contributed by atoms with van der Waals surface area (Å²) in [6, 6.07) is 0. The van der Waals surface area contributed by atoms with E-state index in [0.717, 1.165) is 18.6 Å². The molecule has 0 saturated carbocycles. The number of ketones is 1. The summed E-state index contributed by atoms with van der Waals surface area (Å²) in [5.41, 5.74) is 0. The maximum atomic E-state index is 11.4. The van der Waals surface area contributed by atoms with Gasteiger partial charge in [0.2, 0.25) is 0 Å². The molecule has 0 bridgehead atoms. The van der Waals surface area contributed by atoms with Gasteiger partial charge in [0.15, 0.2) is 0 Å². The third kappa shape index (κ3) is 2.86. The SMILES string of the molecule is CC(C)CC(=O)C1CCSC1. The first-order valence-corrected chi connectivity index (χ1v) is 5.46. The second-order valence-electron chi connectivity index (χ2n) is 3.62. The third-order valence-corrected chi connectivity index (χ3v) is 3.16. The second kappa shape index (κ2) is 4.15. The Morgan fingerprint density at radius 1 is 1.64 bits per heavy atom. The smallest absolute Gasteiger partial charge is 0.137 e. The molecule has 0 aromatic carbocycles. The van der Waals surface area contributed by atoms with E-state index < -0.39 is 0 Å². The summed E-state index contributed by atoms with van der Waals surface area (Å²) >= 11 is 1.92. The summed E-state index contributed by atoms with van der Waals surface area (Å²) in [6.45, 7) is 4.22. The Morgan fingerprint density at radius 2 is 2.36 bits per heavy atom. The minimum atomic E-state index is 0.391. The summed E-state index contributed by atoms with van der Waals surface area (Å²) in [6.07, 6.45) is 1.90. The number of carbonyl (C=O) groups is 1. The van der Waals surface area contributed by atoms with Crippen molar-refractivity contribution < 1.29 is 4.79 Å². The summed E-state index contributed by atoms with van der Waals surface area (Å²) in [4.78, 5) is 11.4. The van der Waals surface area contributed by atoms with Crippen molar-refractivity contribution in [2.24, 2.45) is 11.8 Å². The average molecular weight is 172 g/mol. The predicted octanol–water partition coefficient (Wildman–Crippen LogP) is 2.35. The lowest BCUT2D eigenvalue weighted by Gasteiger charge is -2.08. The lowest BCUT2D eigenvalue weighted by molar-refractivity contribution is -0.122. The fourth-order valence-electron chi connectivity index (χ4n) is 1.36. The van der Waals surface area contributed by atoms with Crippen molar-refractivity contribution in [1.82, 2.24) is 0 Å². The first-order valence-electron chi connectivity index (χ1n) is 4.30. The van der Waals surface area contributed by atoms with E-state index in [1.54, 1.807) is 0 Å². The molecular weight excluding hydrogens is 156 g/mol. The largest absolute Gasteiger partial charge is 0.299 e. The topological polar surface area (TPSA) is 17.1 Å². The number of hydrogen-bond donors (Lipinski definition) is 0. The molecule has 1 aliphatic rings. The zero-order chi connectivity index (χ0) is 8.27. The highest BCUT2D eigenvalue weighted by atomic mass is 32.2. The van der Waals surface area contributed by atoms with E-state index in [0.29, 0.717) is 17.6 Å². The first kappa shape index (κ1) is 9.11. The van der Waals surface area contributed by atoms with Crippen molar-refractivity contribution in [3.63, 3.8) is 0 Å². The van der Waals surface area contributed by atoms with Crippen LogP contribution in [0.5, 0.6) is 0 Å². The number of hydrogen-bond acceptors (Lipinski definition) is 2. The molecule has 1 nitrogen and oxygen atoms in total. The van der Waals surface area contributed by atoms with Gasteiger partial charge in [-0.25, -0.2) is 0 Å². The van der Waals surface area contributed by atoms with E-state index in [-0.39, 0.29) is 0 Å². The molecule has 1 fully saturated rings. The summed E-state index contributed by atoms with van der Waals surface area (Å²) in [5.74, 6) is 3.68. The van der Waals surface area contributed by atoms with Crippen LogP contribution in [0.1, 0.15) is 26.7 Å². The molecule has 1 aliphatic heterocycles. The van der Waals surface area contributed by atoms with Gasteiger partial charge in [0.05, 0.1) is 0 Å². The monoisotopic (exact) mass is 172 g/mol. The molecule has 1 saturated heterocycles. The molecule has 0 N–H and O–H groups in total. The van der Waals surface area contributed by atoms with Crippen molar-refractivity contribution in [2.75, 3.05) is 11.5 Å². The quantitative estimate of drug-likeness (QED) is 0.650. The zero-order valence-corrected chi connectivity index (χ0v) is 8.12. The molecule has 0 aromatic rings. The van der Waals surface area contributed by atoms with E-state index in [2.05, 4.69) is 13.8 Å². The van der Waals surface area contributed by atoms with Gasteiger partial charge < -0.3 is 0 Å². The average Bonchev–Trinajstić information content (AvgIpc) is 2.35. The minimum Gasteiger partial charge on any atom is -0.299 e. The molecular formula is C9H16OS. The molecule has 64 valence electrons. The Hall–Kier alpha value is 0.0200. The molecule has 0 aliphatic carbocycles. The van der Waals surface area contributed by atoms with Gasteiger partial charge in [-0.15, -0.1) is 0 Å². The van der Waals surface area contributed by atoms with E-state index in [1.165, 1.54) is 5.75 Å². The number of Topliss-reactive ketones (excluding diaryl/α,β-unsaturated/α-hetero) is 1. The van der Waals surface area contributed by atoms with Crippen LogP contribution in [-0.2, 0) is 4.79 Å². The maximum Gasteiger partial charge on any atom is 0.137 e. The number of thioether (sulfide) groups is 1. The molecule has 1 rings (SSSR count). The van der Waals surface area contributed by atoms with Crippen molar-refractivity contribution in [3.05, 3.63) is 0 Å². The molecule has 2 heteroatoms. The summed E-state index contributed by atoms with van der Waals surface area (Å²) in [7, 11) is 0. The maximum absolute atomic E-state index is 11.4. The minimum absolute atomic E-state index is 0.391. The fraction of sp³-hybridized carbons (Fsp3) is 0.889. The van der Waals surface area contributed by atoms with Crippen LogP contribution in [0.3, 0.4) is 0 Å². The van der Waals surface area contributed by atoms with E-state index in [4.69, 9.17) is 0 Å². The van der Waals surface area contributed by atoms with E-state index in [9.17, 15) is 4.79 Å². The van der Waals surface area contributed by atoms with E-state index >= 15 is 0 Å². The highest BCUT2D eigenvalue weighted by Crippen LogP contribution is 2.25. The van der Waals surface area contributed by atoms with Gasteiger partial charge in [0.1, 0.15) is 5.78 Å². The highest BCUT2D eigenvalue weighted by Gasteiger charge is 2.22. The predicted molar refractivity (Wildman–Crippen MR) is 49.9 cm³/mol. The molecule has 0 amide bonds. The van der Waals surface area contributed by atoms with Crippen LogP contribution in [0, 0.1) is 11.8 Å². The zero-order valence-electron chi connectivity index (χ0n) is 7.30. The molecule has 1 atom stereocenters. The van der Waals surface area contributed by atoms with Gasteiger partial charge in [-0.1, -0.05) is 13.8 Å². The first-order chi connectivity index (χ1) is 5.20. The lowest BCUT2D eigenvalue weighted by Crippen LogP contribution is -2.15. The molecule has 11 heavy (non-hydrogen) atoms. The van der Waals surface area contributed by atoms with Gasteiger partial charge in [-0.3, -0.25) is 4.79 Å². The van der Waals surface area contributed by atoms with Crippen LogP contribution in [0.25, 0.3) is 0 Å². The van der Waals surface area contributed by atoms with Crippen LogP contribution in [0.2, 0.25) is 0 Å². The normalized spacial score (nSPS) is 24.5. The van der Waals surface area contributed by atoms with Crippen molar-refractivity contribution in [2.45, 2.75) is 26.7 Å². The van der Waals surface area contributed by atoms with Crippen molar-refractivity contribution in [1.29, 1.82) is 0 Å². The molecule has 0 aromatic heterocycles. The fourth-order valence-corrected chi connectivity index (χ4v) is 2.61. The highest BCUT2D eigenvalue weighted by molar-refractivity contribution is 7.99. The number of carbonyl (C=O) groups excluding carboxylic acids is 1. The molecule has 0 radical (unpaired) electrons. The van der Waals surface area contributed by atoms with Crippen LogP contribution < -0.4 is 0 Å². The van der Waals surface area contributed by atoms with Gasteiger partial charge in [-0.05, 0) is 18.1 Å². The summed E-state index contributed by atoms with van der Waals surface area (Å²) in [5, 5.41) is 0. The van der Waals surface area contributed by atoms with Gasteiger partial charge in [-0.2, -0.15) is 11.8 Å². The van der Waals surface area contributed by atoms with Crippen LogP contribution in [0.4, 0.5) is 0 Å². The van der Waals surface area contributed by atoms with Gasteiger partial charge >= 0.3 is 0 Å². The Morgan fingerprint density at radius 3 is 2.82 bits per heavy atom. The molecule has 1 heterocycles. The Bertz CT molecular complexity index is 136. The Labute approximate surface area is 72.9 Å². The standard InChI is InChI=1S/C9H16OS/c1-7(2)5-9(10)8-3-4-11-6-8/h7-8H,3-6H2,1-2H3. The number of rotatable bonds is 3. The van der Waals surface area contributed by atoms with Crippen LogP contribution >= 0.6 is 11.8 Å².